The van der Waals surface area contributed by atoms with E-state index in [1.165, 1.54) is 31.4 Å². The molecule has 1 rings (SSSR count). The Bertz CT molecular complexity index is 229. The van der Waals surface area contributed by atoms with Crippen molar-refractivity contribution in [1.29, 1.82) is 0 Å². The van der Waals surface area contributed by atoms with Crippen molar-refractivity contribution in [3.8, 4) is 0 Å². The molecule has 0 amide bonds. The lowest BCUT2D eigenvalue weighted by Crippen LogP contribution is -2.50. The summed E-state index contributed by atoms with van der Waals surface area (Å²) in [6.45, 7) is 8.95. The van der Waals surface area contributed by atoms with Crippen LogP contribution in [-0.4, -0.2) is 34.3 Å². The highest BCUT2D eigenvalue weighted by Gasteiger charge is 2.27. The average Bonchev–Trinajstić information content (AvgIpc) is 2.78. The summed E-state index contributed by atoms with van der Waals surface area (Å²) < 4.78 is 0. The van der Waals surface area contributed by atoms with Crippen LogP contribution < -0.4 is 5.32 Å². The number of hydrogen-bond donors (Lipinski definition) is 2. The molecule has 1 aliphatic carbocycles. The molecular formula is C15H31NOS. The van der Waals surface area contributed by atoms with E-state index in [4.69, 9.17) is 0 Å². The minimum absolute atomic E-state index is 0.129. The molecule has 1 fully saturated rings. The first kappa shape index (κ1) is 16.3. The largest absolute Gasteiger partial charge is 0.394 e. The van der Waals surface area contributed by atoms with Gasteiger partial charge in [0, 0.05) is 16.8 Å². The Kier molecular flexibility index (Phi) is 7.04. The zero-order valence-electron chi connectivity index (χ0n) is 12.5. The average molecular weight is 273 g/mol. The van der Waals surface area contributed by atoms with Crippen molar-refractivity contribution in [2.75, 3.05) is 12.4 Å². The second kappa shape index (κ2) is 7.76. The van der Waals surface area contributed by atoms with Crippen molar-refractivity contribution in [2.45, 2.75) is 76.6 Å². The summed E-state index contributed by atoms with van der Waals surface area (Å²) in [5.41, 5.74) is -0.129. The number of aliphatic hydroxyl groups excluding tert-OH is 1. The summed E-state index contributed by atoms with van der Waals surface area (Å²) in [5.74, 6) is 2.26. The Hall–Kier alpha value is 0.270. The molecule has 1 saturated carbocycles. The van der Waals surface area contributed by atoms with Gasteiger partial charge >= 0.3 is 0 Å². The van der Waals surface area contributed by atoms with Gasteiger partial charge in [0.1, 0.15) is 0 Å². The Morgan fingerprint density at radius 3 is 2.39 bits per heavy atom. The highest BCUT2D eigenvalue weighted by molar-refractivity contribution is 7.99. The van der Waals surface area contributed by atoms with Crippen LogP contribution in [-0.2, 0) is 0 Å². The van der Waals surface area contributed by atoms with Crippen molar-refractivity contribution in [3.63, 3.8) is 0 Å². The zero-order valence-corrected chi connectivity index (χ0v) is 13.4. The Labute approximate surface area is 117 Å². The number of thioether (sulfide) groups is 1. The van der Waals surface area contributed by atoms with E-state index in [-0.39, 0.29) is 12.1 Å². The molecule has 18 heavy (non-hydrogen) atoms. The molecule has 2 N–H and O–H groups in total. The van der Waals surface area contributed by atoms with E-state index in [0.29, 0.717) is 11.3 Å². The Morgan fingerprint density at radius 2 is 1.89 bits per heavy atom. The minimum Gasteiger partial charge on any atom is -0.394 e. The third-order valence-corrected chi connectivity index (χ3v) is 5.21. The second-order valence-corrected chi connectivity index (χ2v) is 7.99. The number of rotatable bonds is 8. The first-order valence-corrected chi connectivity index (χ1v) is 8.50. The molecule has 0 radical (unpaired) electrons. The van der Waals surface area contributed by atoms with Crippen LogP contribution in [0.4, 0.5) is 0 Å². The molecule has 108 valence electrons. The van der Waals surface area contributed by atoms with Crippen LogP contribution in [0.1, 0.15) is 59.8 Å². The molecule has 2 nitrogen and oxygen atoms in total. The summed E-state index contributed by atoms with van der Waals surface area (Å²) >= 11 is 2.09. The number of aliphatic hydroxyl groups is 1. The van der Waals surface area contributed by atoms with Gasteiger partial charge in [-0.15, -0.1) is 0 Å². The lowest BCUT2D eigenvalue weighted by atomic mass is 9.96. The van der Waals surface area contributed by atoms with Crippen LogP contribution in [0.15, 0.2) is 0 Å². The van der Waals surface area contributed by atoms with Gasteiger partial charge < -0.3 is 10.4 Å². The lowest BCUT2D eigenvalue weighted by molar-refractivity contribution is 0.157. The maximum atomic E-state index is 9.59. The summed E-state index contributed by atoms with van der Waals surface area (Å²) in [7, 11) is 0. The number of hydrogen-bond acceptors (Lipinski definition) is 3. The van der Waals surface area contributed by atoms with Gasteiger partial charge in [0.25, 0.3) is 0 Å². The summed E-state index contributed by atoms with van der Waals surface area (Å²) in [4.78, 5) is 0. The molecule has 3 heteroatoms. The van der Waals surface area contributed by atoms with Gasteiger partial charge in [-0.2, -0.15) is 11.8 Å². The van der Waals surface area contributed by atoms with Crippen molar-refractivity contribution in [1.82, 2.24) is 5.32 Å². The highest BCUT2D eigenvalue weighted by atomic mass is 32.2. The molecule has 2 unspecified atom stereocenters. The predicted molar refractivity (Wildman–Crippen MR) is 82.3 cm³/mol. The highest BCUT2D eigenvalue weighted by Crippen LogP contribution is 2.31. The zero-order chi connectivity index (χ0) is 13.6. The van der Waals surface area contributed by atoms with Crippen LogP contribution in [0.5, 0.6) is 0 Å². The molecule has 2 atom stereocenters. The van der Waals surface area contributed by atoms with E-state index in [9.17, 15) is 5.11 Å². The van der Waals surface area contributed by atoms with E-state index < -0.39 is 0 Å². The van der Waals surface area contributed by atoms with Crippen LogP contribution in [0.3, 0.4) is 0 Å². The van der Waals surface area contributed by atoms with E-state index in [2.05, 4.69) is 44.8 Å². The molecule has 0 heterocycles. The van der Waals surface area contributed by atoms with Gasteiger partial charge in [-0.3, -0.25) is 0 Å². The maximum Gasteiger partial charge on any atom is 0.0611 e. The molecule has 0 aromatic carbocycles. The molecule has 0 bridgehead atoms. The molecular weight excluding hydrogens is 242 g/mol. The molecule has 0 spiro atoms. The fourth-order valence-electron chi connectivity index (χ4n) is 3.04. The summed E-state index contributed by atoms with van der Waals surface area (Å²) in [6.07, 6.45) is 6.77. The second-order valence-electron chi connectivity index (χ2n) is 6.52. The van der Waals surface area contributed by atoms with E-state index in [1.807, 2.05) is 0 Å². The van der Waals surface area contributed by atoms with Gasteiger partial charge in [-0.05, 0) is 37.9 Å². The first-order chi connectivity index (χ1) is 8.45. The van der Waals surface area contributed by atoms with Crippen LogP contribution in [0, 0.1) is 5.92 Å². The third-order valence-electron chi connectivity index (χ3n) is 3.82. The lowest BCUT2D eigenvalue weighted by Gasteiger charge is -2.33. The number of nitrogens with one attached hydrogen (secondary N) is 1. The standard InChI is InChI=1S/C15H31NOS/c1-12(2)16-15(4,11-17)9-13(3)18-10-14-7-5-6-8-14/h12-14,16-17H,5-11H2,1-4H3. The van der Waals surface area contributed by atoms with Crippen molar-refractivity contribution in [2.24, 2.45) is 5.92 Å². The maximum absolute atomic E-state index is 9.59. The Morgan fingerprint density at radius 1 is 1.28 bits per heavy atom. The van der Waals surface area contributed by atoms with Gasteiger partial charge in [0.2, 0.25) is 0 Å². The quantitative estimate of drug-likeness (QED) is 0.710. The van der Waals surface area contributed by atoms with E-state index >= 15 is 0 Å². The third kappa shape index (κ3) is 5.94. The molecule has 0 aliphatic heterocycles. The fourth-order valence-corrected chi connectivity index (χ4v) is 4.46. The molecule has 0 aromatic heterocycles. The van der Waals surface area contributed by atoms with Crippen molar-refractivity contribution >= 4 is 11.8 Å². The molecule has 0 aromatic rings. The van der Waals surface area contributed by atoms with Crippen molar-refractivity contribution < 1.29 is 5.11 Å². The van der Waals surface area contributed by atoms with Crippen molar-refractivity contribution in [3.05, 3.63) is 0 Å². The fraction of sp³-hybridized carbons (Fsp3) is 1.00. The molecule has 1 aliphatic rings. The Balaban J connectivity index is 2.29. The predicted octanol–water partition coefficient (Wildman–Crippen LogP) is 3.44. The summed E-state index contributed by atoms with van der Waals surface area (Å²) in [6, 6.07) is 0.425. The smallest absolute Gasteiger partial charge is 0.0611 e. The normalized spacial score (nSPS) is 22.3. The summed E-state index contributed by atoms with van der Waals surface area (Å²) in [5, 5.41) is 13.7. The van der Waals surface area contributed by atoms with Gasteiger partial charge in [0.05, 0.1) is 6.61 Å². The van der Waals surface area contributed by atoms with Gasteiger partial charge in [-0.1, -0.05) is 33.6 Å². The van der Waals surface area contributed by atoms with E-state index in [0.717, 1.165) is 12.3 Å². The van der Waals surface area contributed by atoms with Gasteiger partial charge in [-0.25, -0.2) is 0 Å². The molecule has 0 saturated heterocycles. The van der Waals surface area contributed by atoms with E-state index in [1.54, 1.807) is 0 Å². The SMILES string of the molecule is CC(C)NC(C)(CO)CC(C)SCC1CCCC1. The van der Waals surface area contributed by atoms with Crippen LogP contribution in [0.2, 0.25) is 0 Å². The first-order valence-electron chi connectivity index (χ1n) is 7.45. The van der Waals surface area contributed by atoms with Crippen LogP contribution >= 0.6 is 11.8 Å². The topological polar surface area (TPSA) is 32.3 Å². The monoisotopic (exact) mass is 273 g/mol. The minimum atomic E-state index is -0.129. The van der Waals surface area contributed by atoms with Crippen LogP contribution in [0.25, 0.3) is 0 Å². The van der Waals surface area contributed by atoms with Gasteiger partial charge in [0.15, 0.2) is 0 Å².